The molecule has 1 amide bonds. The lowest BCUT2D eigenvalue weighted by atomic mass is 9.95. The molecule has 0 saturated heterocycles. The summed E-state index contributed by atoms with van der Waals surface area (Å²) >= 11 is 0. The lowest BCUT2D eigenvalue weighted by Gasteiger charge is -2.14. The van der Waals surface area contributed by atoms with Gasteiger partial charge in [0, 0.05) is 24.0 Å². The number of rotatable bonds is 6. The molecule has 1 aliphatic rings. The number of nitrogens with one attached hydrogen (secondary N) is 1. The van der Waals surface area contributed by atoms with Crippen LogP contribution in [0.25, 0.3) is 11.4 Å². The molecule has 0 fully saturated rings. The molecule has 0 aliphatic heterocycles. The van der Waals surface area contributed by atoms with E-state index in [0.717, 1.165) is 29.8 Å². The fourth-order valence-corrected chi connectivity index (χ4v) is 3.94. The monoisotopic (exact) mass is 374 g/mol. The first-order chi connectivity index (χ1) is 13.7. The number of carbonyl (C=O) groups excluding carboxylic acids is 1. The predicted molar refractivity (Wildman–Crippen MR) is 110 cm³/mol. The molecule has 2 heterocycles. The quantitative estimate of drug-likeness (QED) is 0.718. The normalized spacial score (nSPS) is 13.2. The van der Waals surface area contributed by atoms with Crippen molar-refractivity contribution in [1.29, 1.82) is 0 Å². The third-order valence-electron chi connectivity index (χ3n) is 5.26. The van der Waals surface area contributed by atoms with Crippen molar-refractivity contribution in [2.75, 3.05) is 6.54 Å². The van der Waals surface area contributed by atoms with E-state index < -0.39 is 0 Å². The van der Waals surface area contributed by atoms with Gasteiger partial charge in [-0.15, -0.1) is 0 Å². The maximum Gasteiger partial charge on any atom is 0.224 e. The molecule has 0 bridgehead atoms. The van der Waals surface area contributed by atoms with Gasteiger partial charge in [0.15, 0.2) is 0 Å². The van der Waals surface area contributed by atoms with Crippen LogP contribution in [0.3, 0.4) is 0 Å². The van der Waals surface area contributed by atoms with Crippen molar-refractivity contribution >= 4 is 5.91 Å². The summed E-state index contributed by atoms with van der Waals surface area (Å²) in [6, 6.07) is 14.0. The molecule has 2 aromatic heterocycles. The molecule has 0 atom stereocenters. The van der Waals surface area contributed by atoms with E-state index in [-0.39, 0.29) is 5.91 Å². The highest BCUT2D eigenvalue weighted by Gasteiger charge is 2.22. The van der Waals surface area contributed by atoms with E-state index in [1.165, 1.54) is 29.7 Å². The summed E-state index contributed by atoms with van der Waals surface area (Å²) in [5.41, 5.74) is 6.79. The zero-order valence-electron chi connectivity index (χ0n) is 16.3. The molecule has 1 aromatic carbocycles. The van der Waals surface area contributed by atoms with E-state index in [4.69, 9.17) is 5.10 Å². The molecule has 144 valence electrons. The zero-order chi connectivity index (χ0) is 19.3. The number of nitrogens with zero attached hydrogens (tertiary/aromatic N) is 3. The van der Waals surface area contributed by atoms with E-state index in [1.54, 1.807) is 0 Å². The highest BCUT2D eigenvalue weighted by atomic mass is 16.1. The number of aromatic nitrogens is 3. The van der Waals surface area contributed by atoms with E-state index in [0.29, 0.717) is 19.5 Å². The van der Waals surface area contributed by atoms with Crippen LogP contribution in [0.15, 0.2) is 48.7 Å². The van der Waals surface area contributed by atoms with Crippen molar-refractivity contribution < 1.29 is 4.79 Å². The van der Waals surface area contributed by atoms with Crippen LogP contribution >= 0.6 is 0 Å². The van der Waals surface area contributed by atoms with Gasteiger partial charge in [-0.2, -0.15) is 5.10 Å². The van der Waals surface area contributed by atoms with Gasteiger partial charge in [0.2, 0.25) is 5.91 Å². The predicted octanol–water partition coefficient (Wildman–Crippen LogP) is 3.49. The summed E-state index contributed by atoms with van der Waals surface area (Å²) < 4.78 is 2.07. The van der Waals surface area contributed by atoms with Gasteiger partial charge in [0.25, 0.3) is 0 Å². The van der Waals surface area contributed by atoms with Crippen LogP contribution in [-0.4, -0.2) is 27.2 Å². The van der Waals surface area contributed by atoms with Gasteiger partial charge in [-0.3, -0.25) is 14.5 Å². The van der Waals surface area contributed by atoms with Crippen molar-refractivity contribution in [3.63, 3.8) is 0 Å². The molecule has 5 nitrogen and oxygen atoms in total. The molecule has 0 saturated carbocycles. The highest BCUT2D eigenvalue weighted by Crippen LogP contribution is 2.30. The van der Waals surface area contributed by atoms with Crippen molar-refractivity contribution in [1.82, 2.24) is 20.1 Å². The number of carbonyl (C=O) groups is 1. The maximum atomic E-state index is 12.3. The third-order valence-corrected chi connectivity index (χ3v) is 5.26. The second-order valence-electron chi connectivity index (χ2n) is 7.43. The number of hydrogen-bond acceptors (Lipinski definition) is 3. The van der Waals surface area contributed by atoms with Crippen molar-refractivity contribution in [3.8, 4) is 11.4 Å². The summed E-state index contributed by atoms with van der Waals surface area (Å²) in [7, 11) is 0. The molecule has 28 heavy (non-hydrogen) atoms. The van der Waals surface area contributed by atoms with Crippen LogP contribution in [0.2, 0.25) is 0 Å². The summed E-state index contributed by atoms with van der Waals surface area (Å²) in [6.45, 7) is 3.32. The van der Waals surface area contributed by atoms with Crippen LogP contribution < -0.4 is 5.32 Å². The minimum Gasteiger partial charge on any atom is -0.354 e. The SMILES string of the molecule is Cc1cccc(CC(=O)NCCn2nc(-c3ccccn3)c3c2CCCC3)c1. The summed E-state index contributed by atoms with van der Waals surface area (Å²) in [4.78, 5) is 16.8. The van der Waals surface area contributed by atoms with Gasteiger partial charge >= 0.3 is 0 Å². The molecule has 0 unspecified atom stereocenters. The van der Waals surface area contributed by atoms with Gasteiger partial charge in [-0.1, -0.05) is 35.9 Å². The Balaban J connectivity index is 1.42. The van der Waals surface area contributed by atoms with Gasteiger partial charge in [0.05, 0.1) is 18.7 Å². The van der Waals surface area contributed by atoms with Crippen LogP contribution in [0, 0.1) is 6.92 Å². The van der Waals surface area contributed by atoms with Gasteiger partial charge in [0.1, 0.15) is 5.69 Å². The minimum atomic E-state index is 0.0524. The number of fused-ring (bicyclic) bond motifs is 1. The van der Waals surface area contributed by atoms with Crippen molar-refractivity contribution in [3.05, 3.63) is 71.0 Å². The van der Waals surface area contributed by atoms with E-state index in [1.807, 2.05) is 49.5 Å². The van der Waals surface area contributed by atoms with Crippen LogP contribution in [0.4, 0.5) is 0 Å². The Morgan fingerprint density at radius 3 is 2.86 bits per heavy atom. The van der Waals surface area contributed by atoms with Gasteiger partial charge in [-0.25, -0.2) is 0 Å². The largest absolute Gasteiger partial charge is 0.354 e. The lowest BCUT2D eigenvalue weighted by molar-refractivity contribution is -0.120. The first-order valence-corrected chi connectivity index (χ1v) is 10.0. The number of aryl methyl sites for hydroxylation is 1. The Morgan fingerprint density at radius 2 is 2.04 bits per heavy atom. The Morgan fingerprint density at radius 1 is 1.14 bits per heavy atom. The number of hydrogen-bond donors (Lipinski definition) is 1. The molecule has 5 heteroatoms. The number of amides is 1. The Bertz CT molecular complexity index is 962. The fraction of sp³-hybridized carbons (Fsp3) is 0.348. The second kappa shape index (κ2) is 8.38. The van der Waals surface area contributed by atoms with Crippen molar-refractivity contribution in [2.45, 2.75) is 45.6 Å². The molecular weight excluding hydrogens is 348 g/mol. The standard InChI is InChI=1S/C23H26N4O/c1-17-7-6-8-18(15-17)16-22(28)25-13-14-27-21-11-3-2-9-19(21)23(26-27)20-10-4-5-12-24-20/h4-8,10,12,15H,2-3,9,11,13-14,16H2,1H3,(H,25,28). The van der Waals surface area contributed by atoms with Crippen molar-refractivity contribution in [2.24, 2.45) is 0 Å². The van der Waals surface area contributed by atoms with E-state index in [9.17, 15) is 4.79 Å². The summed E-state index contributed by atoms with van der Waals surface area (Å²) in [5.74, 6) is 0.0524. The summed E-state index contributed by atoms with van der Waals surface area (Å²) in [5, 5.41) is 7.90. The topological polar surface area (TPSA) is 59.8 Å². The average Bonchev–Trinajstić information content (AvgIpc) is 3.08. The first-order valence-electron chi connectivity index (χ1n) is 10.0. The molecule has 3 aromatic rings. The number of benzene rings is 1. The van der Waals surface area contributed by atoms with E-state index >= 15 is 0 Å². The highest BCUT2D eigenvalue weighted by molar-refractivity contribution is 5.78. The molecule has 1 aliphatic carbocycles. The Labute approximate surface area is 165 Å². The van der Waals surface area contributed by atoms with Crippen LogP contribution in [0.5, 0.6) is 0 Å². The van der Waals surface area contributed by atoms with Crippen LogP contribution in [-0.2, 0) is 30.6 Å². The van der Waals surface area contributed by atoms with Crippen LogP contribution in [0.1, 0.15) is 35.2 Å². The maximum absolute atomic E-state index is 12.3. The molecular formula is C23H26N4O. The third kappa shape index (κ3) is 4.14. The molecule has 1 N–H and O–H groups in total. The smallest absolute Gasteiger partial charge is 0.224 e. The fourth-order valence-electron chi connectivity index (χ4n) is 3.94. The minimum absolute atomic E-state index is 0.0524. The van der Waals surface area contributed by atoms with Gasteiger partial charge in [-0.05, 0) is 50.3 Å². The lowest BCUT2D eigenvalue weighted by Crippen LogP contribution is -2.29. The first kappa shape index (κ1) is 18.4. The molecule has 0 radical (unpaired) electrons. The second-order valence-corrected chi connectivity index (χ2v) is 7.43. The average molecular weight is 374 g/mol. The molecule has 0 spiro atoms. The van der Waals surface area contributed by atoms with E-state index in [2.05, 4.69) is 21.0 Å². The Hall–Kier alpha value is -2.95. The van der Waals surface area contributed by atoms with Gasteiger partial charge < -0.3 is 5.32 Å². The Kier molecular flexibility index (Phi) is 5.51. The zero-order valence-corrected chi connectivity index (χ0v) is 16.3. The summed E-state index contributed by atoms with van der Waals surface area (Å²) in [6.07, 6.45) is 6.73. The number of pyridine rings is 1. The molecule has 4 rings (SSSR count).